The minimum atomic E-state index is -0.0153. The van der Waals surface area contributed by atoms with Crippen molar-refractivity contribution in [2.45, 2.75) is 6.42 Å². The maximum atomic E-state index is 12.4. The first-order valence-electron chi connectivity index (χ1n) is 7.12. The van der Waals surface area contributed by atoms with Crippen molar-refractivity contribution in [2.75, 3.05) is 26.2 Å². The van der Waals surface area contributed by atoms with Gasteiger partial charge >= 0.3 is 0 Å². The SMILES string of the molecule is O=C(c1ccc[nH]1)N1CCCN(C(=O)c2ccc(Cl)s2)CC1. The summed E-state index contributed by atoms with van der Waals surface area (Å²) in [4.78, 5) is 31.9. The van der Waals surface area contributed by atoms with Gasteiger partial charge in [0.05, 0.1) is 9.21 Å². The molecule has 0 aromatic carbocycles. The highest BCUT2D eigenvalue weighted by Crippen LogP contribution is 2.23. The average Bonchev–Trinajstić information content (AvgIpc) is 3.13. The van der Waals surface area contributed by atoms with Gasteiger partial charge in [-0.25, -0.2) is 0 Å². The number of H-pyrrole nitrogens is 1. The summed E-state index contributed by atoms with van der Waals surface area (Å²) in [5.41, 5.74) is 0.588. The van der Waals surface area contributed by atoms with E-state index in [9.17, 15) is 9.59 Å². The fourth-order valence-electron chi connectivity index (χ4n) is 2.54. The van der Waals surface area contributed by atoms with Crippen LogP contribution in [0.4, 0.5) is 0 Å². The van der Waals surface area contributed by atoms with Gasteiger partial charge in [-0.15, -0.1) is 11.3 Å². The molecule has 3 rings (SSSR count). The number of nitrogens with one attached hydrogen (secondary N) is 1. The molecule has 116 valence electrons. The Bertz CT molecular complexity index is 668. The van der Waals surface area contributed by atoms with Gasteiger partial charge < -0.3 is 14.8 Å². The summed E-state index contributed by atoms with van der Waals surface area (Å²) in [6.07, 6.45) is 2.51. The van der Waals surface area contributed by atoms with Gasteiger partial charge in [0.15, 0.2) is 0 Å². The van der Waals surface area contributed by atoms with Gasteiger partial charge in [-0.1, -0.05) is 11.6 Å². The molecule has 5 nitrogen and oxygen atoms in total. The van der Waals surface area contributed by atoms with Gasteiger partial charge in [0.25, 0.3) is 11.8 Å². The largest absolute Gasteiger partial charge is 0.357 e. The maximum absolute atomic E-state index is 12.4. The number of rotatable bonds is 2. The first-order valence-corrected chi connectivity index (χ1v) is 8.32. The number of hydrogen-bond acceptors (Lipinski definition) is 3. The van der Waals surface area contributed by atoms with Gasteiger partial charge in [0.2, 0.25) is 0 Å². The Labute approximate surface area is 137 Å². The maximum Gasteiger partial charge on any atom is 0.270 e. The van der Waals surface area contributed by atoms with Crippen LogP contribution in [0.5, 0.6) is 0 Å². The molecule has 7 heteroatoms. The molecule has 0 radical (unpaired) electrons. The van der Waals surface area contributed by atoms with Crippen molar-refractivity contribution in [1.29, 1.82) is 0 Å². The Morgan fingerprint density at radius 2 is 1.77 bits per heavy atom. The van der Waals surface area contributed by atoms with Crippen LogP contribution in [0.1, 0.15) is 26.6 Å². The highest BCUT2D eigenvalue weighted by molar-refractivity contribution is 7.17. The number of hydrogen-bond donors (Lipinski definition) is 1. The highest BCUT2D eigenvalue weighted by atomic mass is 35.5. The third-order valence-electron chi connectivity index (χ3n) is 3.68. The smallest absolute Gasteiger partial charge is 0.270 e. The molecule has 0 bridgehead atoms. The summed E-state index contributed by atoms with van der Waals surface area (Å²) in [5, 5.41) is 0. The number of halogens is 1. The minimum absolute atomic E-state index is 0.00827. The number of aromatic nitrogens is 1. The standard InChI is InChI=1S/C15H16ClN3O2S/c16-13-5-4-12(22-13)15(21)19-8-2-7-18(9-10-19)14(20)11-3-1-6-17-11/h1,3-6,17H,2,7-10H2. The number of nitrogens with zero attached hydrogens (tertiary/aromatic N) is 2. The molecule has 1 aliphatic heterocycles. The highest BCUT2D eigenvalue weighted by Gasteiger charge is 2.24. The van der Waals surface area contributed by atoms with Crippen LogP contribution in [-0.2, 0) is 0 Å². The molecule has 0 atom stereocenters. The first-order chi connectivity index (χ1) is 10.6. The fourth-order valence-corrected chi connectivity index (χ4v) is 3.55. The lowest BCUT2D eigenvalue weighted by molar-refractivity contribution is 0.0718. The molecule has 0 aliphatic carbocycles. The second-order valence-corrected chi connectivity index (χ2v) is 6.84. The van der Waals surface area contributed by atoms with Crippen LogP contribution in [0, 0.1) is 0 Å². The predicted octanol–water partition coefficient (Wildman–Crippen LogP) is 2.72. The molecule has 0 saturated carbocycles. The molecule has 1 saturated heterocycles. The Hall–Kier alpha value is -1.79. The predicted molar refractivity (Wildman–Crippen MR) is 86.5 cm³/mol. The Kier molecular flexibility index (Phi) is 4.49. The Morgan fingerprint density at radius 3 is 2.36 bits per heavy atom. The summed E-state index contributed by atoms with van der Waals surface area (Å²) in [6.45, 7) is 2.40. The van der Waals surface area contributed by atoms with Gasteiger partial charge in [0.1, 0.15) is 5.69 Å². The van der Waals surface area contributed by atoms with Crippen LogP contribution >= 0.6 is 22.9 Å². The van der Waals surface area contributed by atoms with Crippen molar-refractivity contribution in [1.82, 2.24) is 14.8 Å². The van der Waals surface area contributed by atoms with Crippen molar-refractivity contribution >= 4 is 34.8 Å². The van der Waals surface area contributed by atoms with E-state index in [1.165, 1.54) is 11.3 Å². The van der Waals surface area contributed by atoms with Crippen molar-refractivity contribution in [3.63, 3.8) is 0 Å². The third kappa shape index (κ3) is 3.18. The van der Waals surface area contributed by atoms with Crippen molar-refractivity contribution < 1.29 is 9.59 Å². The molecule has 2 amide bonds. The quantitative estimate of drug-likeness (QED) is 0.916. The second kappa shape index (κ2) is 6.54. The van der Waals surface area contributed by atoms with Gasteiger partial charge in [0, 0.05) is 32.4 Å². The molecule has 3 heterocycles. The average molecular weight is 338 g/mol. The van der Waals surface area contributed by atoms with E-state index < -0.39 is 0 Å². The van der Waals surface area contributed by atoms with E-state index in [2.05, 4.69) is 4.98 Å². The zero-order chi connectivity index (χ0) is 15.5. The number of aromatic amines is 1. The summed E-state index contributed by atoms with van der Waals surface area (Å²) in [5.74, 6) is -0.0236. The molecule has 1 aliphatic rings. The molecule has 2 aromatic heterocycles. The first kappa shape index (κ1) is 15.1. The van der Waals surface area contributed by atoms with Crippen LogP contribution in [0.2, 0.25) is 4.34 Å². The topological polar surface area (TPSA) is 56.4 Å². The normalized spacial score (nSPS) is 15.7. The fraction of sp³-hybridized carbons (Fsp3) is 0.333. The van der Waals surface area contributed by atoms with E-state index in [0.717, 1.165) is 6.42 Å². The molecule has 1 fully saturated rings. The lowest BCUT2D eigenvalue weighted by Crippen LogP contribution is -2.37. The van der Waals surface area contributed by atoms with E-state index in [-0.39, 0.29) is 11.8 Å². The molecule has 22 heavy (non-hydrogen) atoms. The minimum Gasteiger partial charge on any atom is -0.357 e. The lowest BCUT2D eigenvalue weighted by Gasteiger charge is -2.21. The van der Waals surface area contributed by atoms with E-state index in [4.69, 9.17) is 11.6 Å². The number of amides is 2. The summed E-state index contributed by atoms with van der Waals surface area (Å²) < 4.78 is 0.613. The second-order valence-electron chi connectivity index (χ2n) is 5.13. The molecule has 0 spiro atoms. The van der Waals surface area contributed by atoms with Crippen LogP contribution in [0.15, 0.2) is 30.5 Å². The molecular formula is C15H16ClN3O2S. The van der Waals surface area contributed by atoms with Crippen molar-refractivity contribution in [3.8, 4) is 0 Å². The van der Waals surface area contributed by atoms with E-state index >= 15 is 0 Å². The molecule has 0 unspecified atom stereocenters. The van der Waals surface area contributed by atoms with E-state index in [0.29, 0.717) is 41.1 Å². The van der Waals surface area contributed by atoms with Crippen molar-refractivity contribution in [3.05, 3.63) is 45.4 Å². The van der Waals surface area contributed by atoms with E-state index in [1.807, 2.05) is 0 Å². The third-order valence-corrected chi connectivity index (χ3v) is 4.90. The zero-order valence-corrected chi connectivity index (χ0v) is 13.5. The van der Waals surface area contributed by atoms with Crippen LogP contribution in [0.3, 0.4) is 0 Å². The molecular weight excluding hydrogens is 322 g/mol. The summed E-state index contributed by atoms with van der Waals surface area (Å²) >= 11 is 7.18. The van der Waals surface area contributed by atoms with Crippen LogP contribution < -0.4 is 0 Å². The van der Waals surface area contributed by atoms with Crippen molar-refractivity contribution in [2.24, 2.45) is 0 Å². The number of thiophene rings is 1. The molecule has 1 N–H and O–H groups in total. The lowest BCUT2D eigenvalue weighted by atomic mass is 10.3. The number of carbonyl (C=O) groups excluding carboxylic acids is 2. The van der Waals surface area contributed by atoms with Crippen LogP contribution in [-0.4, -0.2) is 52.8 Å². The van der Waals surface area contributed by atoms with Gasteiger partial charge in [-0.3, -0.25) is 9.59 Å². The molecule has 2 aromatic rings. The number of carbonyl (C=O) groups is 2. The zero-order valence-electron chi connectivity index (χ0n) is 11.9. The summed E-state index contributed by atoms with van der Waals surface area (Å²) in [7, 11) is 0. The monoisotopic (exact) mass is 337 g/mol. The summed E-state index contributed by atoms with van der Waals surface area (Å²) in [6, 6.07) is 7.06. The van der Waals surface area contributed by atoms with Crippen LogP contribution in [0.25, 0.3) is 0 Å². The van der Waals surface area contributed by atoms with Gasteiger partial charge in [-0.2, -0.15) is 0 Å². The Balaban J connectivity index is 1.65. The van der Waals surface area contributed by atoms with E-state index in [1.54, 1.807) is 40.3 Å². The Morgan fingerprint density at radius 1 is 1.05 bits per heavy atom. The van der Waals surface area contributed by atoms with Gasteiger partial charge in [-0.05, 0) is 30.7 Å².